The lowest BCUT2D eigenvalue weighted by Gasteiger charge is -2.15. The van der Waals surface area contributed by atoms with Gasteiger partial charge in [-0.15, -0.1) is 0 Å². The predicted octanol–water partition coefficient (Wildman–Crippen LogP) is 5.83. The fraction of sp³-hybridized carbons (Fsp3) is 0.333. The molecule has 0 saturated carbocycles. The Balaban J connectivity index is 1.98. The Kier molecular flexibility index (Phi) is 6.23. The van der Waals surface area contributed by atoms with Crippen molar-refractivity contribution in [1.82, 2.24) is 10.3 Å². The second-order valence-corrected chi connectivity index (χ2v) is 7.16. The summed E-state index contributed by atoms with van der Waals surface area (Å²) in [6.45, 7) is 6.98. The van der Waals surface area contributed by atoms with Crippen LogP contribution < -0.4 is 5.32 Å². The number of hydrogen-bond acceptors (Lipinski definition) is 2. The van der Waals surface area contributed by atoms with Crippen LogP contribution >= 0.6 is 0 Å². The van der Waals surface area contributed by atoms with Crippen LogP contribution in [0.25, 0.3) is 22.2 Å². The minimum atomic E-state index is -0.00374. The highest BCUT2D eigenvalue weighted by Crippen LogP contribution is 2.29. The van der Waals surface area contributed by atoms with Crippen LogP contribution in [0.4, 0.5) is 0 Å². The first-order valence-electron chi connectivity index (χ1n) is 9.86. The molecule has 1 amide bonds. The zero-order valence-corrected chi connectivity index (χ0v) is 16.5. The van der Waals surface area contributed by atoms with Gasteiger partial charge in [-0.3, -0.25) is 4.79 Å². The van der Waals surface area contributed by atoms with Crippen molar-refractivity contribution in [3.05, 3.63) is 65.2 Å². The standard InChI is InChI=1S/C24H28N2O/c1-4-5-6-9-16-25-24(27)22-18(3)23(19-14-12-17(2)13-15-19)26-21-11-8-7-10-20(21)22/h7-8,10-15H,4-6,9,16H2,1-3H3,(H,25,27). The molecule has 140 valence electrons. The van der Waals surface area contributed by atoms with E-state index in [0.717, 1.165) is 52.7 Å². The summed E-state index contributed by atoms with van der Waals surface area (Å²) in [6, 6.07) is 16.2. The second-order valence-electron chi connectivity index (χ2n) is 7.16. The largest absolute Gasteiger partial charge is 0.352 e. The summed E-state index contributed by atoms with van der Waals surface area (Å²) in [5.74, 6) is -0.00374. The number of benzene rings is 2. The molecule has 1 N–H and O–H groups in total. The Morgan fingerprint density at radius 2 is 1.70 bits per heavy atom. The van der Waals surface area contributed by atoms with Gasteiger partial charge in [0, 0.05) is 17.5 Å². The van der Waals surface area contributed by atoms with Crippen LogP contribution in [0, 0.1) is 13.8 Å². The van der Waals surface area contributed by atoms with Gasteiger partial charge in [-0.05, 0) is 31.9 Å². The van der Waals surface area contributed by atoms with Crippen LogP contribution in [0.3, 0.4) is 0 Å². The van der Waals surface area contributed by atoms with Crippen molar-refractivity contribution in [2.75, 3.05) is 6.54 Å². The molecule has 1 aromatic heterocycles. The topological polar surface area (TPSA) is 42.0 Å². The van der Waals surface area contributed by atoms with Gasteiger partial charge < -0.3 is 5.32 Å². The van der Waals surface area contributed by atoms with Crippen molar-refractivity contribution in [1.29, 1.82) is 0 Å². The van der Waals surface area contributed by atoms with Gasteiger partial charge in [0.05, 0.1) is 16.8 Å². The average molecular weight is 361 g/mol. The number of nitrogens with one attached hydrogen (secondary N) is 1. The van der Waals surface area contributed by atoms with Gasteiger partial charge in [-0.25, -0.2) is 4.98 Å². The van der Waals surface area contributed by atoms with E-state index in [1.54, 1.807) is 0 Å². The van der Waals surface area contributed by atoms with E-state index in [0.29, 0.717) is 0 Å². The third-order valence-electron chi connectivity index (χ3n) is 5.00. The Hall–Kier alpha value is -2.68. The van der Waals surface area contributed by atoms with Crippen LogP contribution in [-0.2, 0) is 0 Å². The monoisotopic (exact) mass is 360 g/mol. The van der Waals surface area contributed by atoms with Gasteiger partial charge in [0.15, 0.2) is 0 Å². The normalized spacial score (nSPS) is 10.9. The number of carbonyl (C=O) groups excluding carboxylic acids is 1. The van der Waals surface area contributed by atoms with Crippen LogP contribution in [0.1, 0.15) is 54.1 Å². The second kappa shape index (κ2) is 8.81. The molecule has 0 aliphatic carbocycles. The van der Waals surface area contributed by atoms with E-state index in [2.05, 4.69) is 43.4 Å². The first-order chi connectivity index (χ1) is 13.1. The molecule has 27 heavy (non-hydrogen) atoms. The molecule has 1 heterocycles. The van der Waals surface area contributed by atoms with Crippen molar-refractivity contribution in [2.24, 2.45) is 0 Å². The maximum Gasteiger partial charge on any atom is 0.252 e. The van der Waals surface area contributed by atoms with Crippen LogP contribution in [0.2, 0.25) is 0 Å². The Bertz CT molecular complexity index is 929. The smallest absolute Gasteiger partial charge is 0.252 e. The van der Waals surface area contributed by atoms with Crippen molar-refractivity contribution < 1.29 is 4.79 Å². The summed E-state index contributed by atoms with van der Waals surface area (Å²) < 4.78 is 0. The van der Waals surface area contributed by atoms with Crippen molar-refractivity contribution in [2.45, 2.75) is 46.5 Å². The number of rotatable bonds is 7. The number of aromatic nitrogens is 1. The third-order valence-corrected chi connectivity index (χ3v) is 5.00. The highest BCUT2D eigenvalue weighted by molar-refractivity contribution is 6.08. The van der Waals surface area contributed by atoms with Crippen LogP contribution in [-0.4, -0.2) is 17.4 Å². The zero-order chi connectivity index (χ0) is 19.2. The molecule has 3 nitrogen and oxygen atoms in total. The van der Waals surface area contributed by atoms with Crippen LogP contribution in [0.15, 0.2) is 48.5 Å². The zero-order valence-electron chi connectivity index (χ0n) is 16.5. The number of carbonyl (C=O) groups is 1. The van der Waals surface area contributed by atoms with E-state index in [1.165, 1.54) is 18.4 Å². The van der Waals surface area contributed by atoms with E-state index >= 15 is 0 Å². The molecule has 0 bridgehead atoms. The summed E-state index contributed by atoms with van der Waals surface area (Å²) in [4.78, 5) is 17.9. The number of hydrogen-bond donors (Lipinski definition) is 1. The van der Waals surface area contributed by atoms with Gasteiger partial charge in [0.1, 0.15) is 0 Å². The molecule has 0 saturated heterocycles. The maximum atomic E-state index is 13.0. The SMILES string of the molecule is CCCCCCNC(=O)c1c(C)c(-c2ccc(C)cc2)nc2ccccc12. The number of pyridine rings is 1. The summed E-state index contributed by atoms with van der Waals surface area (Å²) in [5.41, 5.74) is 5.66. The predicted molar refractivity (Wildman–Crippen MR) is 113 cm³/mol. The number of fused-ring (bicyclic) bond motifs is 1. The van der Waals surface area contributed by atoms with Crippen molar-refractivity contribution in [3.63, 3.8) is 0 Å². The number of aryl methyl sites for hydroxylation is 1. The average Bonchev–Trinajstić information content (AvgIpc) is 2.68. The molecule has 3 aromatic rings. The van der Waals surface area contributed by atoms with Gasteiger partial charge in [0.2, 0.25) is 0 Å². The number of amides is 1. The lowest BCUT2D eigenvalue weighted by Crippen LogP contribution is -2.26. The number of unbranched alkanes of at least 4 members (excludes halogenated alkanes) is 3. The fourth-order valence-corrected chi connectivity index (χ4v) is 3.43. The first kappa shape index (κ1) is 19.1. The molecule has 0 fully saturated rings. The highest BCUT2D eigenvalue weighted by atomic mass is 16.1. The molecule has 3 rings (SSSR count). The van der Waals surface area contributed by atoms with E-state index in [4.69, 9.17) is 4.98 Å². The maximum absolute atomic E-state index is 13.0. The van der Waals surface area contributed by atoms with Crippen molar-refractivity contribution in [3.8, 4) is 11.3 Å². The molecule has 0 spiro atoms. The minimum absolute atomic E-state index is 0.00374. The molecular weight excluding hydrogens is 332 g/mol. The molecule has 0 aliphatic rings. The van der Waals surface area contributed by atoms with E-state index < -0.39 is 0 Å². The number of para-hydroxylation sites is 1. The van der Waals surface area contributed by atoms with Gasteiger partial charge in [-0.2, -0.15) is 0 Å². The van der Waals surface area contributed by atoms with E-state index in [1.807, 2.05) is 31.2 Å². The number of nitrogens with zero attached hydrogens (tertiary/aromatic N) is 1. The molecule has 0 radical (unpaired) electrons. The molecule has 2 aromatic carbocycles. The highest BCUT2D eigenvalue weighted by Gasteiger charge is 2.18. The quantitative estimate of drug-likeness (QED) is 0.539. The molecular formula is C24H28N2O. The van der Waals surface area contributed by atoms with Gasteiger partial charge in [-0.1, -0.05) is 74.2 Å². The molecule has 0 atom stereocenters. The molecule has 0 unspecified atom stereocenters. The lowest BCUT2D eigenvalue weighted by molar-refractivity contribution is 0.0954. The Morgan fingerprint density at radius 3 is 2.44 bits per heavy atom. The summed E-state index contributed by atoms with van der Waals surface area (Å²) >= 11 is 0. The van der Waals surface area contributed by atoms with Gasteiger partial charge >= 0.3 is 0 Å². The fourth-order valence-electron chi connectivity index (χ4n) is 3.43. The van der Waals surface area contributed by atoms with Gasteiger partial charge in [0.25, 0.3) is 5.91 Å². The van der Waals surface area contributed by atoms with Crippen LogP contribution in [0.5, 0.6) is 0 Å². The van der Waals surface area contributed by atoms with Crippen molar-refractivity contribution >= 4 is 16.8 Å². The Morgan fingerprint density at radius 1 is 0.963 bits per heavy atom. The lowest BCUT2D eigenvalue weighted by atomic mass is 9.96. The summed E-state index contributed by atoms with van der Waals surface area (Å²) in [6.07, 6.45) is 4.58. The first-order valence-corrected chi connectivity index (χ1v) is 9.86. The summed E-state index contributed by atoms with van der Waals surface area (Å²) in [7, 11) is 0. The Labute approximate surface area is 161 Å². The van der Waals surface area contributed by atoms with E-state index in [9.17, 15) is 4.79 Å². The molecule has 0 aliphatic heterocycles. The summed E-state index contributed by atoms with van der Waals surface area (Å²) in [5, 5.41) is 4.03. The third kappa shape index (κ3) is 4.36. The minimum Gasteiger partial charge on any atom is -0.352 e. The van der Waals surface area contributed by atoms with E-state index in [-0.39, 0.29) is 5.91 Å². The molecule has 3 heteroatoms.